The van der Waals surface area contributed by atoms with E-state index in [2.05, 4.69) is 4.72 Å². The summed E-state index contributed by atoms with van der Waals surface area (Å²) >= 11 is 0. The summed E-state index contributed by atoms with van der Waals surface area (Å²) in [6.07, 6.45) is 5.39. The second-order valence-corrected chi connectivity index (χ2v) is 7.34. The van der Waals surface area contributed by atoms with Gasteiger partial charge in [0, 0.05) is 6.54 Å². The molecule has 1 aliphatic rings. The lowest BCUT2D eigenvalue weighted by Gasteiger charge is -2.12. The molecule has 2 rings (SSSR count). The average molecular weight is 297 g/mol. The molecule has 0 spiro atoms. The van der Waals surface area contributed by atoms with Gasteiger partial charge in [-0.1, -0.05) is 25.0 Å². The molecule has 0 aliphatic heterocycles. The Morgan fingerprint density at radius 2 is 1.85 bits per heavy atom. The molecule has 0 saturated heterocycles. The summed E-state index contributed by atoms with van der Waals surface area (Å²) in [7, 11) is -1.45. The highest BCUT2D eigenvalue weighted by Crippen LogP contribution is 2.23. The summed E-state index contributed by atoms with van der Waals surface area (Å²) < 4.78 is 31.8. The highest BCUT2D eigenvalue weighted by atomic mass is 32.2. The first-order valence-electron chi connectivity index (χ1n) is 7.23. The van der Waals surface area contributed by atoms with Crippen LogP contribution in [0.25, 0.3) is 0 Å². The fraction of sp³-hybridized carbons (Fsp3) is 0.600. The van der Waals surface area contributed by atoms with Crippen molar-refractivity contribution in [2.75, 3.05) is 13.7 Å². The third-order valence-electron chi connectivity index (χ3n) is 3.85. The average Bonchev–Trinajstić information content (AvgIpc) is 2.99. The van der Waals surface area contributed by atoms with Gasteiger partial charge in [0.2, 0.25) is 10.0 Å². The molecule has 1 saturated carbocycles. The first-order valence-corrected chi connectivity index (χ1v) is 8.78. The molecule has 0 unspecified atom stereocenters. The van der Waals surface area contributed by atoms with Crippen LogP contribution in [-0.4, -0.2) is 27.3 Å². The van der Waals surface area contributed by atoms with E-state index in [0.29, 0.717) is 6.54 Å². The summed E-state index contributed by atoms with van der Waals surface area (Å²) in [5.74, 6) is 0.843. The van der Waals surface area contributed by atoms with E-state index in [1.165, 1.54) is 5.56 Å². The maximum Gasteiger partial charge on any atom is 0.214 e. The van der Waals surface area contributed by atoms with E-state index in [0.717, 1.165) is 44.3 Å². The van der Waals surface area contributed by atoms with Gasteiger partial charge < -0.3 is 4.74 Å². The number of benzene rings is 1. The molecule has 1 fully saturated rings. The predicted octanol–water partition coefficient (Wildman–Crippen LogP) is 2.49. The third-order valence-corrected chi connectivity index (χ3v) is 5.80. The van der Waals surface area contributed by atoms with Crippen LogP contribution in [0.15, 0.2) is 24.3 Å². The van der Waals surface area contributed by atoms with Crippen LogP contribution in [0.3, 0.4) is 0 Å². The maximum absolute atomic E-state index is 12.0. The lowest BCUT2D eigenvalue weighted by atomic mass is 10.1. The molecule has 1 aromatic carbocycles. The SMILES string of the molecule is COc1ccc(CCCNS(=O)(=O)C2CCCC2)cc1. The van der Waals surface area contributed by atoms with E-state index in [4.69, 9.17) is 4.74 Å². The van der Waals surface area contributed by atoms with Crippen LogP contribution < -0.4 is 9.46 Å². The van der Waals surface area contributed by atoms with Gasteiger partial charge in [0.25, 0.3) is 0 Å². The standard InChI is InChI=1S/C15H23NO3S/c1-19-14-10-8-13(9-11-14)5-4-12-16-20(17,18)15-6-2-3-7-15/h8-11,15-16H,2-7,12H2,1H3. The van der Waals surface area contributed by atoms with Gasteiger partial charge in [-0.3, -0.25) is 0 Å². The van der Waals surface area contributed by atoms with E-state index < -0.39 is 10.0 Å². The Balaban J connectivity index is 1.72. The molecule has 1 N–H and O–H groups in total. The Kier molecular flexibility index (Phi) is 5.43. The maximum atomic E-state index is 12.0. The van der Waals surface area contributed by atoms with Crippen molar-refractivity contribution in [2.45, 2.75) is 43.8 Å². The third kappa shape index (κ3) is 4.21. The normalized spacial score (nSPS) is 16.4. The highest BCUT2D eigenvalue weighted by molar-refractivity contribution is 7.90. The lowest BCUT2D eigenvalue weighted by Crippen LogP contribution is -2.33. The van der Waals surface area contributed by atoms with Gasteiger partial charge in [-0.05, 0) is 43.4 Å². The fourth-order valence-corrected chi connectivity index (χ4v) is 4.23. The van der Waals surface area contributed by atoms with Crippen molar-refractivity contribution in [3.8, 4) is 5.75 Å². The Morgan fingerprint density at radius 3 is 2.45 bits per heavy atom. The molecule has 112 valence electrons. The summed E-state index contributed by atoms with van der Waals surface area (Å²) in [4.78, 5) is 0. The van der Waals surface area contributed by atoms with Crippen molar-refractivity contribution in [3.05, 3.63) is 29.8 Å². The monoisotopic (exact) mass is 297 g/mol. The van der Waals surface area contributed by atoms with Crippen LogP contribution in [0, 0.1) is 0 Å². The molecule has 0 amide bonds. The molecule has 4 nitrogen and oxygen atoms in total. The largest absolute Gasteiger partial charge is 0.497 e. The van der Waals surface area contributed by atoms with Gasteiger partial charge in [-0.2, -0.15) is 0 Å². The second kappa shape index (κ2) is 7.09. The topological polar surface area (TPSA) is 55.4 Å². The van der Waals surface area contributed by atoms with Crippen LogP contribution in [0.5, 0.6) is 5.75 Å². The van der Waals surface area contributed by atoms with Crippen molar-refractivity contribution < 1.29 is 13.2 Å². The minimum Gasteiger partial charge on any atom is -0.497 e. The zero-order chi connectivity index (χ0) is 14.4. The minimum absolute atomic E-state index is 0.163. The van der Waals surface area contributed by atoms with Crippen molar-refractivity contribution in [1.82, 2.24) is 4.72 Å². The summed E-state index contributed by atoms with van der Waals surface area (Å²) in [5.41, 5.74) is 1.20. The zero-order valence-electron chi connectivity index (χ0n) is 12.0. The van der Waals surface area contributed by atoms with Gasteiger partial charge >= 0.3 is 0 Å². The van der Waals surface area contributed by atoms with Gasteiger partial charge in [-0.25, -0.2) is 13.1 Å². The number of methoxy groups -OCH3 is 1. The van der Waals surface area contributed by atoms with Crippen molar-refractivity contribution in [3.63, 3.8) is 0 Å². The van der Waals surface area contributed by atoms with E-state index in [1.54, 1.807) is 7.11 Å². The molecule has 1 aliphatic carbocycles. The van der Waals surface area contributed by atoms with Crippen LogP contribution >= 0.6 is 0 Å². The smallest absolute Gasteiger partial charge is 0.214 e. The Labute approximate surface area is 121 Å². The first-order chi connectivity index (χ1) is 9.62. The number of rotatable bonds is 7. The molecule has 20 heavy (non-hydrogen) atoms. The molecule has 0 atom stereocenters. The van der Waals surface area contributed by atoms with Gasteiger partial charge in [-0.15, -0.1) is 0 Å². The molecular weight excluding hydrogens is 274 g/mol. The summed E-state index contributed by atoms with van der Waals surface area (Å²) in [6.45, 7) is 0.519. The van der Waals surface area contributed by atoms with Crippen molar-refractivity contribution in [1.29, 1.82) is 0 Å². The highest BCUT2D eigenvalue weighted by Gasteiger charge is 2.27. The summed E-state index contributed by atoms with van der Waals surface area (Å²) in [6, 6.07) is 7.89. The van der Waals surface area contributed by atoms with E-state index in [9.17, 15) is 8.42 Å². The van der Waals surface area contributed by atoms with Crippen molar-refractivity contribution in [2.24, 2.45) is 0 Å². The van der Waals surface area contributed by atoms with Gasteiger partial charge in [0.05, 0.1) is 12.4 Å². The number of sulfonamides is 1. The molecule has 1 aromatic rings. The van der Waals surface area contributed by atoms with Gasteiger partial charge in [0.1, 0.15) is 5.75 Å². The van der Waals surface area contributed by atoms with E-state index in [-0.39, 0.29) is 5.25 Å². The fourth-order valence-electron chi connectivity index (χ4n) is 2.62. The van der Waals surface area contributed by atoms with Gasteiger partial charge in [0.15, 0.2) is 0 Å². The number of hydrogen-bond acceptors (Lipinski definition) is 3. The number of aryl methyl sites for hydroxylation is 1. The Hall–Kier alpha value is -1.07. The quantitative estimate of drug-likeness (QED) is 0.787. The van der Waals surface area contributed by atoms with Crippen LogP contribution in [-0.2, 0) is 16.4 Å². The van der Waals surface area contributed by atoms with Crippen LogP contribution in [0.1, 0.15) is 37.7 Å². The van der Waals surface area contributed by atoms with E-state index >= 15 is 0 Å². The number of hydrogen-bond donors (Lipinski definition) is 1. The number of ether oxygens (including phenoxy) is 1. The minimum atomic E-state index is -3.10. The second-order valence-electron chi connectivity index (χ2n) is 5.30. The zero-order valence-corrected chi connectivity index (χ0v) is 12.8. The molecule has 0 radical (unpaired) electrons. The lowest BCUT2D eigenvalue weighted by molar-refractivity contribution is 0.414. The van der Waals surface area contributed by atoms with E-state index in [1.807, 2.05) is 24.3 Å². The molecular formula is C15H23NO3S. The summed E-state index contributed by atoms with van der Waals surface area (Å²) in [5, 5.41) is -0.163. The molecule has 5 heteroatoms. The number of nitrogens with one attached hydrogen (secondary N) is 1. The Bertz CT molecular complexity index is 504. The predicted molar refractivity (Wildman–Crippen MR) is 80.5 cm³/mol. The Morgan fingerprint density at radius 1 is 1.20 bits per heavy atom. The molecule has 0 heterocycles. The molecule has 0 aromatic heterocycles. The van der Waals surface area contributed by atoms with Crippen molar-refractivity contribution >= 4 is 10.0 Å². The van der Waals surface area contributed by atoms with Crippen LogP contribution in [0.2, 0.25) is 0 Å². The first kappa shape index (κ1) is 15.3. The van der Waals surface area contributed by atoms with Crippen LogP contribution in [0.4, 0.5) is 0 Å². The molecule has 0 bridgehead atoms.